The van der Waals surface area contributed by atoms with Gasteiger partial charge in [-0.15, -0.1) is 0 Å². The summed E-state index contributed by atoms with van der Waals surface area (Å²) in [5.74, 6) is -0.541. The van der Waals surface area contributed by atoms with Crippen molar-refractivity contribution in [1.82, 2.24) is 4.90 Å². The fourth-order valence-corrected chi connectivity index (χ4v) is 2.71. The lowest BCUT2D eigenvalue weighted by molar-refractivity contribution is 0.0734. The van der Waals surface area contributed by atoms with Gasteiger partial charge >= 0.3 is 0 Å². The largest absolute Gasteiger partial charge is 0.508 e. The minimum atomic E-state index is -0.540. The Morgan fingerprint density at radius 1 is 1.19 bits per heavy atom. The zero-order chi connectivity index (χ0) is 15.0. The first kappa shape index (κ1) is 13.9. The SMILES string of the molecule is O=C(c1ccc(F)c(Cl)c1)N1CCc2ccc(O)cc2C1. The van der Waals surface area contributed by atoms with Gasteiger partial charge in [0.1, 0.15) is 11.6 Å². The Kier molecular flexibility index (Phi) is 3.55. The predicted octanol–water partition coefficient (Wildman–Crippen LogP) is 3.38. The van der Waals surface area contributed by atoms with Gasteiger partial charge in [-0.2, -0.15) is 0 Å². The highest BCUT2D eigenvalue weighted by molar-refractivity contribution is 6.31. The molecular weight excluding hydrogens is 293 g/mol. The number of phenols is 1. The lowest BCUT2D eigenvalue weighted by Gasteiger charge is -2.29. The number of aromatic hydroxyl groups is 1. The molecule has 0 unspecified atom stereocenters. The normalized spacial score (nSPS) is 13.9. The molecule has 0 radical (unpaired) electrons. The van der Waals surface area contributed by atoms with Crippen molar-refractivity contribution in [3.63, 3.8) is 0 Å². The van der Waals surface area contributed by atoms with Gasteiger partial charge in [-0.3, -0.25) is 4.79 Å². The Morgan fingerprint density at radius 2 is 2.00 bits per heavy atom. The Labute approximate surface area is 126 Å². The molecule has 0 atom stereocenters. The van der Waals surface area contributed by atoms with Crippen molar-refractivity contribution in [2.75, 3.05) is 6.54 Å². The number of hydrogen-bond donors (Lipinski definition) is 1. The number of fused-ring (bicyclic) bond motifs is 1. The van der Waals surface area contributed by atoms with Crippen LogP contribution in [0.15, 0.2) is 36.4 Å². The topological polar surface area (TPSA) is 40.5 Å². The van der Waals surface area contributed by atoms with Crippen LogP contribution < -0.4 is 0 Å². The molecule has 21 heavy (non-hydrogen) atoms. The molecule has 0 fully saturated rings. The molecule has 0 saturated heterocycles. The Hall–Kier alpha value is -2.07. The van der Waals surface area contributed by atoms with Crippen molar-refractivity contribution in [2.45, 2.75) is 13.0 Å². The highest BCUT2D eigenvalue weighted by atomic mass is 35.5. The summed E-state index contributed by atoms with van der Waals surface area (Å²) in [5, 5.41) is 9.48. The third-order valence-electron chi connectivity index (χ3n) is 3.66. The minimum absolute atomic E-state index is 0.0593. The number of phenolic OH excluding ortho intramolecular Hbond substituents is 1. The Morgan fingerprint density at radius 3 is 2.76 bits per heavy atom. The molecule has 0 bridgehead atoms. The molecule has 1 aliphatic heterocycles. The Bertz CT molecular complexity index is 717. The van der Waals surface area contributed by atoms with E-state index in [1.165, 1.54) is 18.2 Å². The standard InChI is InChI=1S/C16H13ClFNO2/c17-14-8-11(2-4-15(14)18)16(21)19-6-5-10-1-3-13(20)7-12(10)9-19/h1-4,7-8,20H,5-6,9H2. The van der Waals surface area contributed by atoms with Crippen LogP contribution in [0.3, 0.4) is 0 Å². The molecule has 108 valence electrons. The van der Waals surface area contributed by atoms with E-state index in [-0.39, 0.29) is 16.7 Å². The molecule has 1 heterocycles. The smallest absolute Gasteiger partial charge is 0.254 e. The maximum atomic E-state index is 13.2. The minimum Gasteiger partial charge on any atom is -0.508 e. The van der Waals surface area contributed by atoms with Gasteiger partial charge in [0.15, 0.2) is 0 Å². The first-order chi connectivity index (χ1) is 10.0. The van der Waals surface area contributed by atoms with Crippen LogP contribution in [0.4, 0.5) is 4.39 Å². The van der Waals surface area contributed by atoms with Gasteiger partial charge in [0.25, 0.3) is 5.91 Å². The number of hydrogen-bond acceptors (Lipinski definition) is 2. The van der Waals surface area contributed by atoms with Gasteiger partial charge in [-0.25, -0.2) is 4.39 Å². The van der Waals surface area contributed by atoms with E-state index >= 15 is 0 Å². The number of nitrogens with zero attached hydrogens (tertiary/aromatic N) is 1. The third kappa shape index (κ3) is 2.72. The number of halogens is 2. The van der Waals surface area contributed by atoms with Gasteiger partial charge in [0.05, 0.1) is 5.02 Å². The predicted molar refractivity (Wildman–Crippen MR) is 78.0 cm³/mol. The van der Waals surface area contributed by atoms with E-state index in [0.29, 0.717) is 18.7 Å². The zero-order valence-corrected chi connectivity index (χ0v) is 11.9. The molecule has 0 aliphatic carbocycles. The number of benzene rings is 2. The van der Waals surface area contributed by atoms with Crippen LogP contribution in [-0.4, -0.2) is 22.5 Å². The molecule has 0 saturated carbocycles. The molecule has 2 aromatic carbocycles. The average molecular weight is 306 g/mol. The fourth-order valence-electron chi connectivity index (χ4n) is 2.53. The lowest BCUT2D eigenvalue weighted by atomic mass is 9.99. The van der Waals surface area contributed by atoms with Crippen LogP contribution in [0.25, 0.3) is 0 Å². The van der Waals surface area contributed by atoms with E-state index < -0.39 is 5.82 Å². The first-order valence-corrected chi connectivity index (χ1v) is 6.97. The van der Waals surface area contributed by atoms with Gasteiger partial charge in [-0.1, -0.05) is 17.7 Å². The van der Waals surface area contributed by atoms with E-state index in [2.05, 4.69) is 0 Å². The Balaban J connectivity index is 1.85. The van der Waals surface area contributed by atoms with Gasteiger partial charge in [-0.05, 0) is 47.9 Å². The summed E-state index contributed by atoms with van der Waals surface area (Å²) in [5.41, 5.74) is 2.43. The van der Waals surface area contributed by atoms with Crippen molar-refractivity contribution in [3.05, 3.63) is 63.9 Å². The van der Waals surface area contributed by atoms with Crippen LogP contribution in [0, 0.1) is 5.82 Å². The van der Waals surface area contributed by atoms with Crippen molar-refractivity contribution < 1.29 is 14.3 Å². The highest BCUT2D eigenvalue weighted by Crippen LogP contribution is 2.25. The van der Waals surface area contributed by atoms with Gasteiger partial charge in [0, 0.05) is 18.7 Å². The molecule has 1 aliphatic rings. The van der Waals surface area contributed by atoms with E-state index in [0.717, 1.165) is 17.5 Å². The van der Waals surface area contributed by atoms with Crippen molar-refractivity contribution in [2.24, 2.45) is 0 Å². The quantitative estimate of drug-likeness (QED) is 0.877. The van der Waals surface area contributed by atoms with Gasteiger partial charge < -0.3 is 10.0 Å². The maximum absolute atomic E-state index is 13.2. The van der Waals surface area contributed by atoms with E-state index in [9.17, 15) is 14.3 Å². The monoisotopic (exact) mass is 305 g/mol. The second kappa shape index (κ2) is 5.37. The summed E-state index contributed by atoms with van der Waals surface area (Å²) >= 11 is 5.72. The van der Waals surface area contributed by atoms with E-state index in [4.69, 9.17) is 11.6 Å². The maximum Gasteiger partial charge on any atom is 0.254 e. The summed E-state index contributed by atoms with van der Waals surface area (Å²) in [6.07, 6.45) is 0.732. The molecule has 1 N–H and O–H groups in total. The second-order valence-electron chi connectivity index (χ2n) is 5.06. The molecule has 3 nitrogen and oxygen atoms in total. The van der Waals surface area contributed by atoms with Crippen molar-refractivity contribution >= 4 is 17.5 Å². The molecule has 1 amide bonds. The summed E-state index contributed by atoms with van der Waals surface area (Å²) in [6, 6.07) is 9.17. The van der Waals surface area contributed by atoms with Crippen molar-refractivity contribution in [1.29, 1.82) is 0 Å². The summed E-state index contributed by atoms with van der Waals surface area (Å²) < 4.78 is 13.2. The molecule has 0 spiro atoms. The van der Waals surface area contributed by atoms with E-state index in [1.54, 1.807) is 17.0 Å². The summed E-state index contributed by atoms with van der Waals surface area (Å²) in [4.78, 5) is 14.1. The second-order valence-corrected chi connectivity index (χ2v) is 5.47. The van der Waals surface area contributed by atoms with Crippen molar-refractivity contribution in [3.8, 4) is 5.75 Å². The molecule has 5 heteroatoms. The number of amides is 1. The number of rotatable bonds is 1. The fraction of sp³-hybridized carbons (Fsp3) is 0.188. The van der Waals surface area contributed by atoms with Gasteiger partial charge in [0.2, 0.25) is 0 Å². The van der Waals surface area contributed by atoms with Crippen LogP contribution in [0.1, 0.15) is 21.5 Å². The summed E-state index contributed by atoms with van der Waals surface area (Å²) in [6.45, 7) is 1.02. The number of carbonyl (C=O) groups excluding carboxylic acids is 1. The molecule has 3 rings (SSSR count). The average Bonchev–Trinajstić information content (AvgIpc) is 2.48. The lowest BCUT2D eigenvalue weighted by Crippen LogP contribution is -2.35. The van der Waals surface area contributed by atoms with Crippen LogP contribution in [0.5, 0.6) is 5.75 Å². The molecular formula is C16H13ClFNO2. The zero-order valence-electron chi connectivity index (χ0n) is 11.1. The number of carbonyl (C=O) groups is 1. The first-order valence-electron chi connectivity index (χ1n) is 6.59. The van der Waals surface area contributed by atoms with Crippen LogP contribution in [-0.2, 0) is 13.0 Å². The van der Waals surface area contributed by atoms with Crippen LogP contribution in [0.2, 0.25) is 5.02 Å². The summed E-state index contributed by atoms with van der Waals surface area (Å²) in [7, 11) is 0. The third-order valence-corrected chi connectivity index (χ3v) is 3.95. The molecule has 2 aromatic rings. The van der Waals surface area contributed by atoms with Crippen LogP contribution >= 0.6 is 11.6 Å². The highest BCUT2D eigenvalue weighted by Gasteiger charge is 2.22. The van der Waals surface area contributed by atoms with E-state index in [1.807, 2.05) is 6.07 Å². The molecule has 0 aromatic heterocycles.